The van der Waals surface area contributed by atoms with Crippen molar-refractivity contribution in [3.8, 4) is 5.69 Å². The van der Waals surface area contributed by atoms with Gasteiger partial charge in [-0.3, -0.25) is 0 Å². The fraction of sp³-hybridized carbons (Fsp3) is 0. The minimum absolute atomic E-state index is 0.397. The van der Waals surface area contributed by atoms with Crippen LogP contribution in [0.4, 0.5) is 10.5 Å². The predicted octanol–water partition coefficient (Wildman–Crippen LogP) is 4.40. The first-order chi connectivity index (χ1) is 11.7. The van der Waals surface area contributed by atoms with Crippen molar-refractivity contribution >= 4 is 33.9 Å². The molecule has 0 unspecified atom stereocenters. The number of benzene rings is 2. The second-order valence-corrected chi connectivity index (χ2v) is 5.89. The normalized spacial score (nSPS) is 10.7. The third-order valence-electron chi connectivity index (χ3n) is 3.28. The van der Waals surface area contributed by atoms with E-state index in [9.17, 15) is 4.79 Å². The van der Waals surface area contributed by atoms with Crippen molar-refractivity contribution in [2.45, 2.75) is 0 Å². The smallest absolute Gasteiger partial charge is 0.316 e. The van der Waals surface area contributed by atoms with Crippen molar-refractivity contribution in [1.82, 2.24) is 9.99 Å². The van der Waals surface area contributed by atoms with Crippen LogP contribution in [0.3, 0.4) is 0 Å². The molecule has 0 aliphatic carbocycles. The van der Waals surface area contributed by atoms with Gasteiger partial charge in [0, 0.05) is 22.0 Å². The Morgan fingerprint density at radius 3 is 2.50 bits per heavy atom. The van der Waals surface area contributed by atoms with Crippen LogP contribution >= 0.6 is 15.9 Å². The minimum Gasteiger partial charge on any atom is -0.316 e. The van der Waals surface area contributed by atoms with Gasteiger partial charge in [0.2, 0.25) is 0 Å². The Bertz CT molecular complexity index is 841. The van der Waals surface area contributed by atoms with Crippen LogP contribution in [-0.2, 0) is 0 Å². The molecule has 2 amide bonds. The first kappa shape index (κ1) is 16.0. The van der Waals surface area contributed by atoms with Crippen molar-refractivity contribution < 1.29 is 4.79 Å². The molecular weight excluding hydrogens is 368 g/mol. The van der Waals surface area contributed by atoms with Crippen LogP contribution in [0, 0.1) is 0 Å². The van der Waals surface area contributed by atoms with E-state index in [2.05, 4.69) is 31.8 Å². The van der Waals surface area contributed by atoms with Crippen molar-refractivity contribution in [3.63, 3.8) is 0 Å². The fourth-order valence-electron chi connectivity index (χ4n) is 2.17. The third kappa shape index (κ3) is 4.11. The molecule has 0 bridgehead atoms. The van der Waals surface area contributed by atoms with Gasteiger partial charge in [0.15, 0.2) is 0 Å². The first-order valence-corrected chi connectivity index (χ1v) is 8.10. The SMILES string of the molecule is O=C(N/N=C/c1cccn1-c1ccccc1)Nc1ccc(Br)cc1. The molecule has 5 nitrogen and oxygen atoms in total. The van der Waals surface area contributed by atoms with Crippen LogP contribution in [0.5, 0.6) is 0 Å². The molecule has 2 aromatic carbocycles. The summed E-state index contributed by atoms with van der Waals surface area (Å²) < 4.78 is 2.94. The van der Waals surface area contributed by atoms with Crippen LogP contribution in [0.25, 0.3) is 5.69 Å². The Morgan fingerprint density at radius 2 is 1.75 bits per heavy atom. The number of para-hydroxylation sites is 1. The molecule has 0 saturated heterocycles. The highest BCUT2D eigenvalue weighted by Gasteiger charge is 2.02. The van der Waals surface area contributed by atoms with Gasteiger partial charge in [-0.2, -0.15) is 5.10 Å². The Balaban J connectivity index is 1.62. The second-order valence-electron chi connectivity index (χ2n) is 4.97. The van der Waals surface area contributed by atoms with Gasteiger partial charge in [-0.25, -0.2) is 10.2 Å². The summed E-state index contributed by atoms with van der Waals surface area (Å²) in [7, 11) is 0. The molecule has 0 aliphatic rings. The fourth-order valence-corrected chi connectivity index (χ4v) is 2.44. The highest BCUT2D eigenvalue weighted by molar-refractivity contribution is 9.10. The number of urea groups is 1. The molecule has 0 spiro atoms. The van der Waals surface area contributed by atoms with Gasteiger partial charge in [-0.05, 0) is 48.5 Å². The summed E-state index contributed by atoms with van der Waals surface area (Å²) >= 11 is 3.35. The molecule has 3 rings (SSSR count). The third-order valence-corrected chi connectivity index (χ3v) is 3.81. The average Bonchev–Trinajstić information content (AvgIpc) is 3.06. The van der Waals surface area contributed by atoms with Gasteiger partial charge in [0.1, 0.15) is 0 Å². The maximum Gasteiger partial charge on any atom is 0.339 e. The summed E-state index contributed by atoms with van der Waals surface area (Å²) in [5, 5.41) is 6.70. The quantitative estimate of drug-likeness (QED) is 0.509. The van der Waals surface area contributed by atoms with Gasteiger partial charge in [0.05, 0.1) is 11.9 Å². The minimum atomic E-state index is -0.397. The maximum absolute atomic E-state index is 11.8. The van der Waals surface area contributed by atoms with Gasteiger partial charge in [-0.1, -0.05) is 34.1 Å². The van der Waals surface area contributed by atoms with Crippen molar-refractivity contribution in [3.05, 3.63) is 83.1 Å². The van der Waals surface area contributed by atoms with E-state index in [0.717, 1.165) is 15.9 Å². The lowest BCUT2D eigenvalue weighted by atomic mass is 10.3. The Kier molecular flexibility index (Phi) is 5.08. The molecule has 0 radical (unpaired) electrons. The number of nitrogens with zero attached hydrogens (tertiary/aromatic N) is 2. The van der Waals surface area contributed by atoms with Crippen LogP contribution in [0.15, 0.2) is 82.5 Å². The zero-order valence-corrected chi connectivity index (χ0v) is 14.3. The molecule has 2 N–H and O–H groups in total. The van der Waals surface area contributed by atoms with Gasteiger partial charge in [-0.15, -0.1) is 0 Å². The molecule has 120 valence electrons. The largest absolute Gasteiger partial charge is 0.339 e. The number of hydrogen-bond donors (Lipinski definition) is 2. The van der Waals surface area contributed by atoms with Crippen LogP contribution < -0.4 is 10.7 Å². The summed E-state index contributed by atoms with van der Waals surface area (Å²) in [5.41, 5.74) is 5.05. The number of hydrogen-bond acceptors (Lipinski definition) is 2. The number of anilines is 1. The van der Waals surface area contributed by atoms with Gasteiger partial charge >= 0.3 is 6.03 Å². The first-order valence-electron chi connectivity index (χ1n) is 7.31. The number of nitrogens with one attached hydrogen (secondary N) is 2. The molecular formula is C18H15BrN4O. The average molecular weight is 383 g/mol. The van der Waals surface area contributed by atoms with E-state index in [1.807, 2.05) is 65.4 Å². The van der Waals surface area contributed by atoms with E-state index in [1.165, 1.54) is 0 Å². The van der Waals surface area contributed by atoms with Crippen molar-refractivity contribution in [1.29, 1.82) is 0 Å². The Labute approximate surface area is 148 Å². The highest BCUT2D eigenvalue weighted by atomic mass is 79.9. The van der Waals surface area contributed by atoms with E-state index in [4.69, 9.17) is 0 Å². The van der Waals surface area contributed by atoms with Crippen LogP contribution in [-0.4, -0.2) is 16.8 Å². The standard InChI is InChI=1S/C18H15BrN4O/c19-14-8-10-15(11-9-14)21-18(24)22-20-13-17-7-4-12-23(17)16-5-2-1-3-6-16/h1-13H,(H2,21,22,24)/b20-13+. The molecule has 0 aliphatic heterocycles. The summed E-state index contributed by atoms with van der Waals surface area (Å²) in [6.07, 6.45) is 3.55. The number of aromatic nitrogens is 1. The van der Waals surface area contributed by atoms with Crippen molar-refractivity contribution in [2.75, 3.05) is 5.32 Å². The number of carbonyl (C=O) groups is 1. The zero-order valence-electron chi connectivity index (χ0n) is 12.7. The van der Waals surface area contributed by atoms with E-state index in [0.29, 0.717) is 5.69 Å². The summed E-state index contributed by atoms with van der Waals surface area (Å²) in [4.78, 5) is 11.8. The number of carbonyl (C=O) groups excluding carboxylic acids is 1. The van der Waals surface area contributed by atoms with E-state index >= 15 is 0 Å². The molecule has 6 heteroatoms. The van der Waals surface area contributed by atoms with E-state index in [1.54, 1.807) is 18.3 Å². The lowest BCUT2D eigenvalue weighted by Crippen LogP contribution is -2.24. The lowest BCUT2D eigenvalue weighted by Gasteiger charge is -2.06. The number of rotatable bonds is 4. The monoisotopic (exact) mass is 382 g/mol. The maximum atomic E-state index is 11.8. The lowest BCUT2D eigenvalue weighted by molar-refractivity contribution is 0.252. The van der Waals surface area contributed by atoms with E-state index < -0.39 is 6.03 Å². The zero-order chi connectivity index (χ0) is 16.8. The Hall–Kier alpha value is -2.86. The topological polar surface area (TPSA) is 58.4 Å². The Morgan fingerprint density at radius 1 is 1.00 bits per heavy atom. The summed E-state index contributed by atoms with van der Waals surface area (Å²) in [5.74, 6) is 0. The van der Waals surface area contributed by atoms with Crippen LogP contribution in [0.2, 0.25) is 0 Å². The number of hydrazone groups is 1. The van der Waals surface area contributed by atoms with E-state index in [-0.39, 0.29) is 0 Å². The van der Waals surface area contributed by atoms with Gasteiger partial charge < -0.3 is 9.88 Å². The van der Waals surface area contributed by atoms with Crippen LogP contribution in [0.1, 0.15) is 5.69 Å². The summed E-state index contributed by atoms with van der Waals surface area (Å²) in [6, 6.07) is 20.7. The summed E-state index contributed by atoms with van der Waals surface area (Å²) in [6.45, 7) is 0. The molecule has 0 fully saturated rings. The highest BCUT2D eigenvalue weighted by Crippen LogP contribution is 2.14. The van der Waals surface area contributed by atoms with Crippen molar-refractivity contribution in [2.24, 2.45) is 5.10 Å². The molecule has 24 heavy (non-hydrogen) atoms. The molecule has 1 heterocycles. The molecule has 0 saturated carbocycles. The molecule has 1 aromatic heterocycles. The molecule has 0 atom stereocenters. The van der Waals surface area contributed by atoms with Gasteiger partial charge in [0.25, 0.3) is 0 Å². The number of amides is 2. The molecule has 3 aromatic rings. The second kappa shape index (κ2) is 7.61. The number of halogens is 1. The predicted molar refractivity (Wildman–Crippen MR) is 99.7 cm³/mol.